The highest BCUT2D eigenvalue weighted by Gasteiger charge is 2.25. The lowest BCUT2D eigenvalue weighted by molar-refractivity contribution is 0.0635. The Morgan fingerprint density at radius 1 is 1.50 bits per heavy atom. The molecule has 2 rings (SSSR count). The van der Waals surface area contributed by atoms with Crippen LogP contribution in [0.25, 0.3) is 0 Å². The van der Waals surface area contributed by atoms with E-state index in [0.29, 0.717) is 11.1 Å². The molecule has 0 radical (unpaired) electrons. The van der Waals surface area contributed by atoms with Gasteiger partial charge in [-0.1, -0.05) is 11.8 Å². The minimum Gasteiger partial charge on any atom is -0.336 e. The SMILES string of the molecule is CC1CCCCN1C(=O)c1cc(F)ccc1C#CCN. The molecule has 1 aromatic rings. The average Bonchev–Trinajstić information content (AvgIpc) is 2.46. The van der Waals surface area contributed by atoms with Gasteiger partial charge in [0.2, 0.25) is 0 Å². The van der Waals surface area contributed by atoms with Crippen molar-refractivity contribution in [2.75, 3.05) is 13.1 Å². The highest BCUT2D eigenvalue weighted by molar-refractivity contribution is 5.97. The average molecular weight is 274 g/mol. The first kappa shape index (κ1) is 14.5. The lowest BCUT2D eigenvalue weighted by Gasteiger charge is -2.33. The van der Waals surface area contributed by atoms with Crippen molar-refractivity contribution in [3.8, 4) is 11.8 Å². The number of rotatable bonds is 1. The van der Waals surface area contributed by atoms with Gasteiger partial charge in [0.25, 0.3) is 5.91 Å². The summed E-state index contributed by atoms with van der Waals surface area (Å²) in [6.07, 6.45) is 3.12. The molecule has 3 nitrogen and oxygen atoms in total. The van der Waals surface area contributed by atoms with Crippen LogP contribution in [-0.2, 0) is 0 Å². The molecule has 0 aromatic heterocycles. The molecule has 0 bridgehead atoms. The van der Waals surface area contributed by atoms with E-state index < -0.39 is 5.82 Å². The summed E-state index contributed by atoms with van der Waals surface area (Å²) in [6.45, 7) is 2.97. The van der Waals surface area contributed by atoms with E-state index in [9.17, 15) is 9.18 Å². The largest absolute Gasteiger partial charge is 0.336 e. The van der Waals surface area contributed by atoms with Crippen molar-refractivity contribution in [3.63, 3.8) is 0 Å². The van der Waals surface area contributed by atoms with Gasteiger partial charge in [0.1, 0.15) is 5.82 Å². The van der Waals surface area contributed by atoms with E-state index in [1.165, 1.54) is 12.1 Å². The standard InChI is InChI=1S/C16H19FN2O/c1-12-5-2-3-10-19(12)16(20)15-11-14(17)8-7-13(15)6-4-9-18/h7-8,11-12H,2-3,5,9-10,18H2,1H3. The predicted octanol–water partition coefficient (Wildman–Crippen LogP) is 2.15. The quantitative estimate of drug-likeness (QED) is 0.798. The van der Waals surface area contributed by atoms with Gasteiger partial charge in [-0.3, -0.25) is 4.79 Å². The Bertz CT molecular complexity index is 559. The van der Waals surface area contributed by atoms with E-state index in [4.69, 9.17) is 5.73 Å². The summed E-state index contributed by atoms with van der Waals surface area (Å²) in [4.78, 5) is 14.4. The first-order valence-electron chi connectivity index (χ1n) is 6.93. The fraction of sp³-hybridized carbons (Fsp3) is 0.438. The van der Waals surface area contributed by atoms with Gasteiger partial charge in [0.05, 0.1) is 12.1 Å². The van der Waals surface area contributed by atoms with Crippen molar-refractivity contribution >= 4 is 5.91 Å². The molecule has 2 N–H and O–H groups in total. The van der Waals surface area contributed by atoms with Crippen LogP contribution >= 0.6 is 0 Å². The molecule has 0 spiro atoms. The van der Waals surface area contributed by atoms with Gasteiger partial charge in [-0.2, -0.15) is 0 Å². The third-order valence-electron chi connectivity index (χ3n) is 3.60. The zero-order valence-electron chi connectivity index (χ0n) is 11.7. The highest BCUT2D eigenvalue weighted by Crippen LogP contribution is 2.21. The number of carbonyl (C=O) groups excluding carboxylic acids is 1. The van der Waals surface area contributed by atoms with Crippen molar-refractivity contribution < 1.29 is 9.18 Å². The van der Waals surface area contributed by atoms with E-state index >= 15 is 0 Å². The van der Waals surface area contributed by atoms with Crippen molar-refractivity contribution in [2.24, 2.45) is 5.73 Å². The van der Waals surface area contributed by atoms with Gasteiger partial charge in [-0.25, -0.2) is 4.39 Å². The maximum atomic E-state index is 13.5. The molecule has 4 heteroatoms. The van der Waals surface area contributed by atoms with Crippen LogP contribution in [0.3, 0.4) is 0 Å². The molecule has 1 aliphatic rings. The van der Waals surface area contributed by atoms with Crippen molar-refractivity contribution in [1.82, 2.24) is 4.90 Å². The van der Waals surface area contributed by atoms with Crippen molar-refractivity contribution in [2.45, 2.75) is 32.2 Å². The number of amides is 1. The summed E-state index contributed by atoms with van der Waals surface area (Å²) < 4.78 is 13.5. The van der Waals surface area contributed by atoms with Crippen LogP contribution in [0.4, 0.5) is 4.39 Å². The van der Waals surface area contributed by atoms with Gasteiger partial charge < -0.3 is 10.6 Å². The molecule has 106 valence electrons. The summed E-state index contributed by atoms with van der Waals surface area (Å²) in [5.41, 5.74) is 6.23. The third kappa shape index (κ3) is 3.17. The van der Waals surface area contributed by atoms with Crippen LogP contribution in [-0.4, -0.2) is 29.9 Å². The number of piperidine rings is 1. The van der Waals surface area contributed by atoms with Crippen LogP contribution in [0.1, 0.15) is 42.1 Å². The molecule has 1 heterocycles. The Labute approximate surface area is 119 Å². The Balaban J connectivity index is 2.34. The molecule has 1 fully saturated rings. The first-order valence-corrected chi connectivity index (χ1v) is 6.93. The lowest BCUT2D eigenvalue weighted by atomic mass is 10.00. The fourth-order valence-corrected chi connectivity index (χ4v) is 2.50. The van der Waals surface area contributed by atoms with Gasteiger partial charge in [-0.05, 0) is 44.4 Å². The maximum absolute atomic E-state index is 13.5. The predicted molar refractivity (Wildman–Crippen MR) is 76.7 cm³/mol. The molecule has 0 aliphatic carbocycles. The third-order valence-corrected chi connectivity index (χ3v) is 3.60. The van der Waals surface area contributed by atoms with E-state index in [0.717, 1.165) is 25.8 Å². The van der Waals surface area contributed by atoms with E-state index in [1.54, 1.807) is 6.07 Å². The second kappa shape index (κ2) is 6.53. The van der Waals surface area contributed by atoms with Crippen LogP contribution in [0.5, 0.6) is 0 Å². The highest BCUT2D eigenvalue weighted by atomic mass is 19.1. The normalized spacial score (nSPS) is 18.4. The Hall–Kier alpha value is -1.86. The molecular formula is C16H19FN2O. The number of hydrogen-bond donors (Lipinski definition) is 1. The van der Waals surface area contributed by atoms with Gasteiger partial charge >= 0.3 is 0 Å². The minimum atomic E-state index is -0.420. The summed E-state index contributed by atoms with van der Waals surface area (Å²) in [6, 6.07) is 4.32. The Morgan fingerprint density at radius 2 is 2.30 bits per heavy atom. The number of halogens is 1. The number of likely N-dealkylation sites (tertiary alicyclic amines) is 1. The van der Waals surface area contributed by atoms with E-state index in [-0.39, 0.29) is 18.5 Å². The molecule has 1 amide bonds. The summed E-state index contributed by atoms with van der Waals surface area (Å²) >= 11 is 0. The second-order valence-corrected chi connectivity index (χ2v) is 5.04. The Morgan fingerprint density at radius 3 is 3.00 bits per heavy atom. The minimum absolute atomic E-state index is 0.141. The van der Waals surface area contributed by atoms with E-state index in [2.05, 4.69) is 11.8 Å². The zero-order chi connectivity index (χ0) is 14.5. The Kier molecular flexibility index (Phi) is 4.75. The van der Waals surface area contributed by atoms with Crippen molar-refractivity contribution in [1.29, 1.82) is 0 Å². The maximum Gasteiger partial charge on any atom is 0.255 e. The molecule has 1 unspecified atom stereocenters. The van der Waals surface area contributed by atoms with Crippen molar-refractivity contribution in [3.05, 3.63) is 35.1 Å². The molecule has 1 aliphatic heterocycles. The molecule has 0 saturated carbocycles. The number of carbonyl (C=O) groups is 1. The van der Waals surface area contributed by atoms with Crippen LogP contribution in [0, 0.1) is 17.7 Å². The zero-order valence-corrected chi connectivity index (χ0v) is 11.7. The van der Waals surface area contributed by atoms with Crippen LogP contribution < -0.4 is 5.73 Å². The summed E-state index contributed by atoms with van der Waals surface area (Å²) in [7, 11) is 0. The number of benzene rings is 1. The van der Waals surface area contributed by atoms with Gasteiger partial charge in [0.15, 0.2) is 0 Å². The molecule has 1 aromatic carbocycles. The molecule has 1 atom stereocenters. The molecular weight excluding hydrogens is 255 g/mol. The van der Waals surface area contributed by atoms with Crippen LogP contribution in [0.2, 0.25) is 0 Å². The fourth-order valence-electron chi connectivity index (χ4n) is 2.50. The monoisotopic (exact) mass is 274 g/mol. The molecule has 20 heavy (non-hydrogen) atoms. The second-order valence-electron chi connectivity index (χ2n) is 5.04. The topological polar surface area (TPSA) is 46.3 Å². The molecule has 1 saturated heterocycles. The first-order chi connectivity index (χ1) is 9.63. The van der Waals surface area contributed by atoms with Gasteiger partial charge in [-0.15, -0.1) is 0 Å². The summed E-state index contributed by atoms with van der Waals surface area (Å²) in [5.74, 6) is 5.00. The smallest absolute Gasteiger partial charge is 0.255 e. The summed E-state index contributed by atoms with van der Waals surface area (Å²) in [5, 5.41) is 0. The lowest BCUT2D eigenvalue weighted by Crippen LogP contribution is -2.42. The van der Waals surface area contributed by atoms with E-state index in [1.807, 2.05) is 11.8 Å². The number of hydrogen-bond acceptors (Lipinski definition) is 2. The number of nitrogens with two attached hydrogens (primary N) is 1. The van der Waals surface area contributed by atoms with Gasteiger partial charge in [0, 0.05) is 18.2 Å². The number of nitrogens with zero attached hydrogens (tertiary/aromatic N) is 1. The van der Waals surface area contributed by atoms with Crippen LogP contribution in [0.15, 0.2) is 18.2 Å².